The molecular formula is C23H28N2O2S. The summed E-state index contributed by atoms with van der Waals surface area (Å²) in [7, 11) is 0. The minimum atomic E-state index is -0.111. The Morgan fingerprint density at radius 3 is 2.43 bits per heavy atom. The number of carbonyl (C=O) groups excluding carboxylic acids is 2. The van der Waals surface area contributed by atoms with Crippen LogP contribution in [0.2, 0.25) is 0 Å². The van der Waals surface area contributed by atoms with E-state index in [1.807, 2.05) is 54.2 Å². The number of aryl methyl sites for hydroxylation is 1. The van der Waals surface area contributed by atoms with Crippen LogP contribution >= 0.6 is 11.8 Å². The number of thioether (sulfide) groups is 1. The first-order valence-electron chi connectivity index (χ1n) is 9.95. The van der Waals surface area contributed by atoms with E-state index < -0.39 is 0 Å². The minimum absolute atomic E-state index is 0.0110. The predicted octanol–water partition coefficient (Wildman–Crippen LogP) is 4.40. The molecule has 3 rings (SSSR count). The molecule has 2 aromatic rings. The van der Waals surface area contributed by atoms with Gasteiger partial charge in [-0.1, -0.05) is 49.4 Å². The monoisotopic (exact) mass is 396 g/mol. The van der Waals surface area contributed by atoms with Crippen LogP contribution in [0.15, 0.2) is 48.5 Å². The average Bonchev–Trinajstić information content (AvgIpc) is 2.74. The van der Waals surface area contributed by atoms with Gasteiger partial charge in [-0.15, -0.1) is 0 Å². The molecule has 0 radical (unpaired) electrons. The number of amides is 1. The lowest BCUT2D eigenvalue weighted by atomic mass is 10.0. The van der Waals surface area contributed by atoms with Crippen LogP contribution < -0.4 is 5.32 Å². The van der Waals surface area contributed by atoms with Crippen LogP contribution in [0.25, 0.3) is 0 Å². The molecule has 0 unspecified atom stereocenters. The maximum Gasteiger partial charge on any atom is 0.224 e. The Labute approximate surface area is 171 Å². The molecule has 1 N–H and O–H groups in total. The van der Waals surface area contributed by atoms with Gasteiger partial charge in [0.1, 0.15) is 0 Å². The van der Waals surface area contributed by atoms with Crippen LogP contribution in [-0.2, 0) is 17.8 Å². The van der Waals surface area contributed by atoms with Crippen molar-refractivity contribution in [3.63, 3.8) is 0 Å². The van der Waals surface area contributed by atoms with E-state index in [1.54, 1.807) is 0 Å². The highest BCUT2D eigenvalue weighted by Gasteiger charge is 2.14. The first kappa shape index (κ1) is 20.6. The van der Waals surface area contributed by atoms with Gasteiger partial charge in [-0.3, -0.25) is 14.5 Å². The average molecular weight is 397 g/mol. The van der Waals surface area contributed by atoms with Crippen LogP contribution in [0.3, 0.4) is 0 Å². The smallest absolute Gasteiger partial charge is 0.224 e. The van der Waals surface area contributed by atoms with E-state index >= 15 is 0 Å². The number of anilines is 1. The second kappa shape index (κ2) is 10.4. The minimum Gasteiger partial charge on any atom is -0.326 e. The van der Waals surface area contributed by atoms with Gasteiger partial charge in [0.2, 0.25) is 5.91 Å². The maximum atomic E-state index is 12.4. The van der Waals surface area contributed by atoms with Gasteiger partial charge in [-0.2, -0.15) is 11.8 Å². The van der Waals surface area contributed by atoms with Gasteiger partial charge in [0.15, 0.2) is 5.78 Å². The van der Waals surface area contributed by atoms with Crippen LogP contribution in [0.4, 0.5) is 5.69 Å². The van der Waals surface area contributed by atoms with E-state index in [9.17, 15) is 9.59 Å². The van der Waals surface area contributed by atoms with Crippen molar-refractivity contribution in [3.8, 4) is 0 Å². The van der Waals surface area contributed by atoms with Gasteiger partial charge in [-0.25, -0.2) is 0 Å². The first-order chi connectivity index (χ1) is 13.7. The van der Waals surface area contributed by atoms with E-state index in [-0.39, 0.29) is 24.5 Å². The standard InChI is InChI=1S/C23H28N2O2S/c1-2-18-7-9-19(10-8-18)22(26)11-12-23(27)24-21-6-4-3-5-20(21)17-25-13-15-28-16-14-25/h3-10H,2,11-17H2,1H3,(H,24,27). The van der Waals surface area contributed by atoms with E-state index in [4.69, 9.17) is 0 Å². The molecule has 0 aromatic heterocycles. The summed E-state index contributed by atoms with van der Waals surface area (Å²) >= 11 is 1.99. The molecule has 1 saturated heterocycles. The van der Waals surface area contributed by atoms with Crippen LogP contribution in [-0.4, -0.2) is 41.2 Å². The molecule has 1 aliphatic heterocycles. The molecule has 1 aliphatic rings. The molecular weight excluding hydrogens is 368 g/mol. The Bertz CT molecular complexity index is 799. The van der Waals surface area contributed by atoms with E-state index in [1.165, 1.54) is 5.56 Å². The molecule has 4 nitrogen and oxygen atoms in total. The lowest BCUT2D eigenvalue weighted by Crippen LogP contribution is -2.32. The third-order valence-corrected chi connectivity index (χ3v) is 5.99. The lowest BCUT2D eigenvalue weighted by Gasteiger charge is -2.27. The summed E-state index contributed by atoms with van der Waals surface area (Å²) in [5.41, 5.74) is 3.86. The highest BCUT2D eigenvalue weighted by molar-refractivity contribution is 7.99. The Kier molecular flexibility index (Phi) is 7.69. The zero-order valence-corrected chi connectivity index (χ0v) is 17.3. The van der Waals surface area contributed by atoms with Crippen molar-refractivity contribution in [3.05, 3.63) is 65.2 Å². The fraction of sp³-hybridized carbons (Fsp3) is 0.391. The van der Waals surface area contributed by atoms with Gasteiger partial charge in [-0.05, 0) is 23.6 Å². The molecule has 0 aliphatic carbocycles. The van der Waals surface area contributed by atoms with E-state index in [2.05, 4.69) is 23.2 Å². The highest BCUT2D eigenvalue weighted by atomic mass is 32.2. The van der Waals surface area contributed by atoms with E-state index in [0.717, 1.165) is 48.8 Å². The summed E-state index contributed by atoms with van der Waals surface area (Å²) in [5.74, 6) is 2.23. The number of carbonyl (C=O) groups is 2. The van der Waals surface area contributed by atoms with E-state index in [0.29, 0.717) is 5.56 Å². The molecule has 0 bridgehead atoms. The molecule has 2 aromatic carbocycles. The Morgan fingerprint density at radius 1 is 1.00 bits per heavy atom. The summed E-state index contributed by atoms with van der Waals surface area (Å²) in [5, 5.41) is 3.00. The summed E-state index contributed by atoms with van der Waals surface area (Å²) in [6.45, 7) is 5.10. The van der Waals surface area contributed by atoms with Crippen molar-refractivity contribution in [1.82, 2.24) is 4.90 Å². The number of rotatable bonds is 8. The Balaban J connectivity index is 1.53. The molecule has 0 spiro atoms. The number of nitrogens with zero attached hydrogens (tertiary/aromatic N) is 1. The van der Waals surface area contributed by atoms with Gasteiger partial charge >= 0.3 is 0 Å². The molecule has 1 amide bonds. The summed E-state index contributed by atoms with van der Waals surface area (Å²) in [6.07, 6.45) is 1.37. The zero-order valence-electron chi connectivity index (χ0n) is 16.4. The topological polar surface area (TPSA) is 49.4 Å². The maximum absolute atomic E-state index is 12.4. The molecule has 1 heterocycles. The number of hydrogen-bond donors (Lipinski definition) is 1. The summed E-state index contributed by atoms with van der Waals surface area (Å²) in [4.78, 5) is 27.2. The number of nitrogens with one attached hydrogen (secondary N) is 1. The summed E-state index contributed by atoms with van der Waals surface area (Å²) < 4.78 is 0. The number of ketones is 1. The van der Waals surface area contributed by atoms with Crippen molar-refractivity contribution in [1.29, 1.82) is 0 Å². The van der Waals surface area contributed by atoms with Crippen molar-refractivity contribution in [2.24, 2.45) is 0 Å². The Hall–Kier alpha value is -2.11. The predicted molar refractivity (Wildman–Crippen MR) is 117 cm³/mol. The highest BCUT2D eigenvalue weighted by Crippen LogP contribution is 2.20. The normalized spacial score (nSPS) is 14.6. The number of benzene rings is 2. The Morgan fingerprint density at radius 2 is 1.71 bits per heavy atom. The van der Waals surface area contributed by atoms with Gasteiger partial charge < -0.3 is 5.32 Å². The van der Waals surface area contributed by atoms with Gasteiger partial charge in [0.25, 0.3) is 0 Å². The zero-order chi connectivity index (χ0) is 19.8. The fourth-order valence-electron chi connectivity index (χ4n) is 3.29. The van der Waals surface area contributed by atoms with Crippen molar-refractivity contribution >= 4 is 29.1 Å². The van der Waals surface area contributed by atoms with Crippen molar-refractivity contribution in [2.45, 2.75) is 32.7 Å². The molecule has 148 valence electrons. The van der Waals surface area contributed by atoms with Crippen LogP contribution in [0.5, 0.6) is 0 Å². The second-order valence-electron chi connectivity index (χ2n) is 7.07. The summed E-state index contributed by atoms with van der Waals surface area (Å²) in [6, 6.07) is 15.6. The largest absolute Gasteiger partial charge is 0.326 e. The van der Waals surface area contributed by atoms with Crippen molar-refractivity contribution in [2.75, 3.05) is 29.9 Å². The number of hydrogen-bond acceptors (Lipinski definition) is 4. The van der Waals surface area contributed by atoms with Crippen LogP contribution in [0.1, 0.15) is 41.3 Å². The number of para-hydroxylation sites is 1. The quantitative estimate of drug-likeness (QED) is 0.672. The molecule has 5 heteroatoms. The van der Waals surface area contributed by atoms with Crippen molar-refractivity contribution < 1.29 is 9.59 Å². The molecule has 0 atom stereocenters. The van der Waals surface area contributed by atoms with Gasteiger partial charge in [0, 0.05) is 55.2 Å². The SMILES string of the molecule is CCc1ccc(C(=O)CCC(=O)Nc2ccccc2CN2CCSCC2)cc1. The molecule has 1 fully saturated rings. The fourth-order valence-corrected chi connectivity index (χ4v) is 4.27. The number of Topliss-reactive ketones (excluding diaryl/α,β-unsaturated/α-hetero) is 1. The second-order valence-corrected chi connectivity index (χ2v) is 8.29. The molecule has 0 saturated carbocycles. The first-order valence-corrected chi connectivity index (χ1v) is 11.1. The third kappa shape index (κ3) is 5.94. The van der Waals surface area contributed by atoms with Crippen LogP contribution in [0, 0.1) is 0 Å². The molecule has 28 heavy (non-hydrogen) atoms. The third-order valence-electron chi connectivity index (χ3n) is 5.05. The lowest BCUT2D eigenvalue weighted by molar-refractivity contribution is -0.116. The van der Waals surface area contributed by atoms with Gasteiger partial charge in [0.05, 0.1) is 0 Å².